The molecule has 0 aromatic heterocycles. The van der Waals surface area contributed by atoms with Gasteiger partial charge in [0.1, 0.15) is 12.4 Å². The summed E-state index contributed by atoms with van der Waals surface area (Å²) in [6.45, 7) is 7.66. The number of benzene rings is 1. The Bertz CT molecular complexity index is 341. The first-order valence-corrected chi connectivity index (χ1v) is 5.91. The first-order valence-electron chi connectivity index (χ1n) is 5.91. The molecule has 0 heterocycles. The van der Waals surface area contributed by atoms with Gasteiger partial charge in [0, 0.05) is 12.2 Å². The Hall–Kier alpha value is -1.35. The molecule has 0 unspecified atom stereocenters. The zero-order valence-corrected chi connectivity index (χ0v) is 10.7. The highest BCUT2D eigenvalue weighted by atomic mass is 16.5. The van der Waals surface area contributed by atoms with Crippen LogP contribution in [0, 0.1) is 5.92 Å². The summed E-state index contributed by atoms with van der Waals surface area (Å²) in [5.74, 6) is 1.38. The van der Waals surface area contributed by atoms with Gasteiger partial charge >= 0.3 is 0 Å². The molecule has 0 fully saturated rings. The summed E-state index contributed by atoms with van der Waals surface area (Å²) in [4.78, 5) is 11.1. The van der Waals surface area contributed by atoms with Crippen LogP contribution < -0.4 is 4.74 Å². The van der Waals surface area contributed by atoms with E-state index in [1.54, 1.807) is 31.2 Å². The Morgan fingerprint density at radius 3 is 2.35 bits per heavy atom. The van der Waals surface area contributed by atoms with Crippen LogP contribution in [0.3, 0.4) is 0 Å². The van der Waals surface area contributed by atoms with Crippen LogP contribution in [0.25, 0.3) is 0 Å². The summed E-state index contributed by atoms with van der Waals surface area (Å²) in [5, 5.41) is 0. The maximum absolute atomic E-state index is 11.1. The fourth-order valence-electron chi connectivity index (χ4n) is 1.32. The maximum atomic E-state index is 11.1. The molecule has 0 aliphatic carbocycles. The van der Waals surface area contributed by atoms with Gasteiger partial charge in [-0.15, -0.1) is 0 Å². The highest BCUT2D eigenvalue weighted by Crippen LogP contribution is 2.12. The highest BCUT2D eigenvalue weighted by Gasteiger charge is 1.99. The molecule has 0 amide bonds. The molecule has 0 spiro atoms. The van der Waals surface area contributed by atoms with Crippen LogP contribution in [-0.2, 0) is 4.74 Å². The van der Waals surface area contributed by atoms with Gasteiger partial charge in [0.05, 0.1) is 6.61 Å². The summed E-state index contributed by atoms with van der Waals surface area (Å²) in [5.41, 5.74) is 0.702. The number of ketones is 1. The number of Topliss-reactive ketones (excluding diaryl/α,β-unsaturated/α-hetero) is 1. The van der Waals surface area contributed by atoms with Crippen molar-refractivity contribution < 1.29 is 14.3 Å². The average Bonchev–Trinajstić information content (AvgIpc) is 2.29. The first kappa shape index (κ1) is 13.7. The molecule has 0 saturated heterocycles. The van der Waals surface area contributed by atoms with E-state index in [0.717, 1.165) is 12.4 Å². The minimum atomic E-state index is 0.0665. The third-order valence-corrected chi connectivity index (χ3v) is 2.21. The van der Waals surface area contributed by atoms with Gasteiger partial charge in [-0.1, -0.05) is 13.8 Å². The summed E-state index contributed by atoms with van der Waals surface area (Å²) in [7, 11) is 0. The predicted molar refractivity (Wildman–Crippen MR) is 67.6 cm³/mol. The van der Waals surface area contributed by atoms with E-state index in [-0.39, 0.29) is 5.78 Å². The lowest BCUT2D eigenvalue weighted by atomic mass is 10.1. The summed E-state index contributed by atoms with van der Waals surface area (Å²) in [6.07, 6.45) is 0. The molecule has 3 nitrogen and oxygen atoms in total. The van der Waals surface area contributed by atoms with Crippen molar-refractivity contribution in [2.24, 2.45) is 5.92 Å². The Kier molecular flexibility index (Phi) is 5.70. The summed E-state index contributed by atoms with van der Waals surface area (Å²) < 4.78 is 10.9. The molecule has 1 aromatic carbocycles. The van der Waals surface area contributed by atoms with Crippen molar-refractivity contribution in [3.63, 3.8) is 0 Å². The molecular formula is C14H20O3. The van der Waals surface area contributed by atoms with Gasteiger partial charge < -0.3 is 9.47 Å². The van der Waals surface area contributed by atoms with Crippen molar-refractivity contribution in [3.8, 4) is 5.75 Å². The van der Waals surface area contributed by atoms with E-state index < -0.39 is 0 Å². The van der Waals surface area contributed by atoms with E-state index >= 15 is 0 Å². The van der Waals surface area contributed by atoms with Gasteiger partial charge in [-0.05, 0) is 37.1 Å². The van der Waals surface area contributed by atoms with E-state index in [4.69, 9.17) is 9.47 Å². The Morgan fingerprint density at radius 1 is 1.18 bits per heavy atom. The molecule has 0 radical (unpaired) electrons. The number of hydrogen-bond donors (Lipinski definition) is 0. The van der Waals surface area contributed by atoms with E-state index in [2.05, 4.69) is 13.8 Å². The largest absolute Gasteiger partial charge is 0.491 e. The molecule has 0 atom stereocenters. The minimum absolute atomic E-state index is 0.0665. The lowest BCUT2D eigenvalue weighted by molar-refractivity contribution is 0.0819. The highest BCUT2D eigenvalue weighted by molar-refractivity contribution is 5.94. The van der Waals surface area contributed by atoms with Crippen LogP contribution in [0.1, 0.15) is 31.1 Å². The number of rotatable bonds is 7. The second-order valence-electron chi connectivity index (χ2n) is 4.40. The average molecular weight is 236 g/mol. The van der Waals surface area contributed by atoms with Crippen LogP contribution in [0.2, 0.25) is 0 Å². The van der Waals surface area contributed by atoms with Crippen molar-refractivity contribution in [2.75, 3.05) is 19.8 Å². The Balaban J connectivity index is 2.25. The normalized spacial score (nSPS) is 10.6. The van der Waals surface area contributed by atoms with E-state index in [1.807, 2.05) is 0 Å². The quantitative estimate of drug-likeness (QED) is 0.539. The number of ether oxygens (including phenoxy) is 2. The molecule has 0 bridgehead atoms. The minimum Gasteiger partial charge on any atom is -0.491 e. The molecule has 0 saturated carbocycles. The molecule has 17 heavy (non-hydrogen) atoms. The maximum Gasteiger partial charge on any atom is 0.159 e. The van der Waals surface area contributed by atoms with Crippen molar-refractivity contribution in [3.05, 3.63) is 29.8 Å². The topological polar surface area (TPSA) is 35.5 Å². The third kappa shape index (κ3) is 5.50. The fourth-order valence-corrected chi connectivity index (χ4v) is 1.32. The van der Waals surface area contributed by atoms with Crippen LogP contribution in [0.5, 0.6) is 5.75 Å². The van der Waals surface area contributed by atoms with Crippen molar-refractivity contribution >= 4 is 5.78 Å². The Morgan fingerprint density at radius 2 is 1.82 bits per heavy atom. The van der Waals surface area contributed by atoms with Crippen molar-refractivity contribution in [1.29, 1.82) is 0 Å². The van der Waals surface area contributed by atoms with Crippen LogP contribution >= 0.6 is 0 Å². The standard InChI is InChI=1S/C14H20O3/c1-11(2)10-16-8-9-17-14-6-4-13(5-7-14)12(3)15/h4-7,11H,8-10H2,1-3H3. The first-order chi connectivity index (χ1) is 8.09. The second-order valence-corrected chi connectivity index (χ2v) is 4.40. The monoisotopic (exact) mass is 236 g/mol. The SMILES string of the molecule is CC(=O)c1ccc(OCCOCC(C)C)cc1. The fraction of sp³-hybridized carbons (Fsp3) is 0.500. The number of carbonyl (C=O) groups excluding carboxylic acids is 1. The summed E-state index contributed by atoms with van der Waals surface area (Å²) >= 11 is 0. The smallest absolute Gasteiger partial charge is 0.159 e. The van der Waals surface area contributed by atoms with Gasteiger partial charge in [-0.3, -0.25) is 4.79 Å². The van der Waals surface area contributed by atoms with Gasteiger partial charge in [0.25, 0.3) is 0 Å². The predicted octanol–water partition coefficient (Wildman–Crippen LogP) is 2.94. The van der Waals surface area contributed by atoms with Gasteiger partial charge in [-0.25, -0.2) is 0 Å². The number of carbonyl (C=O) groups is 1. The van der Waals surface area contributed by atoms with E-state index in [1.165, 1.54) is 0 Å². The van der Waals surface area contributed by atoms with E-state index in [0.29, 0.717) is 24.7 Å². The van der Waals surface area contributed by atoms with Crippen molar-refractivity contribution in [2.45, 2.75) is 20.8 Å². The number of hydrogen-bond acceptors (Lipinski definition) is 3. The molecule has 0 aliphatic heterocycles. The lowest BCUT2D eigenvalue weighted by Crippen LogP contribution is -2.10. The molecule has 0 N–H and O–H groups in total. The van der Waals surface area contributed by atoms with Gasteiger partial charge in [-0.2, -0.15) is 0 Å². The Labute approximate surface area is 103 Å². The molecule has 0 aliphatic rings. The lowest BCUT2D eigenvalue weighted by Gasteiger charge is -2.08. The zero-order valence-electron chi connectivity index (χ0n) is 10.7. The van der Waals surface area contributed by atoms with Gasteiger partial charge in [0.15, 0.2) is 5.78 Å². The van der Waals surface area contributed by atoms with E-state index in [9.17, 15) is 4.79 Å². The molecule has 1 aromatic rings. The van der Waals surface area contributed by atoms with Gasteiger partial charge in [0.2, 0.25) is 0 Å². The summed E-state index contributed by atoms with van der Waals surface area (Å²) in [6, 6.07) is 7.15. The molecule has 94 valence electrons. The second kappa shape index (κ2) is 7.07. The van der Waals surface area contributed by atoms with Crippen molar-refractivity contribution in [1.82, 2.24) is 0 Å². The van der Waals surface area contributed by atoms with Crippen LogP contribution in [0.4, 0.5) is 0 Å². The zero-order chi connectivity index (χ0) is 12.7. The van der Waals surface area contributed by atoms with Crippen LogP contribution in [-0.4, -0.2) is 25.6 Å². The third-order valence-electron chi connectivity index (χ3n) is 2.21. The van der Waals surface area contributed by atoms with Crippen LogP contribution in [0.15, 0.2) is 24.3 Å². The molecule has 1 rings (SSSR count). The molecular weight excluding hydrogens is 216 g/mol. The molecule has 3 heteroatoms.